The molecule has 170 valence electrons. The first kappa shape index (κ1) is 20.7. The third-order valence-electron chi connectivity index (χ3n) is 6.92. The number of hydrogen-bond acceptors (Lipinski definition) is 4. The van der Waals surface area contributed by atoms with E-state index >= 15 is 0 Å². The molecule has 1 aromatic heterocycles. The summed E-state index contributed by atoms with van der Waals surface area (Å²) in [5.41, 5.74) is 6.72. The van der Waals surface area contributed by atoms with E-state index in [1.54, 1.807) is 18.3 Å². The van der Waals surface area contributed by atoms with Gasteiger partial charge in [0.2, 0.25) is 0 Å². The molecule has 0 saturated carbocycles. The summed E-state index contributed by atoms with van der Waals surface area (Å²) in [5.74, 6) is 0.823. The minimum Gasteiger partial charge on any atom is -0.497 e. The van der Waals surface area contributed by atoms with Crippen molar-refractivity contribution in [1.29, 1.82) is 0 Å². The molecule has 0 radical (unpaired) electrons. The van der Waals surface area contributed by atoms with Gasteiger partial charge < -0.3 is 9.72 Å². The number of aryl methyl sites for hydroxylation is 1. The van der Waals surface area contributed by atoms with Crippen LogP contribution in [-0.4, -0.2) is 40.2 Å². The molecule has 3 heterocycles. The van der Waals surface area contributed by atoms with Crippen molar-refractivity contribution in [2.24, 2.45) is 5.10 Å². The number of hydrazone groups is 1. The van der Waals surface area contributed by atoms with Crippen molar-refractivity contribution in [3.05, 3.63) is 101 Å². The topological polar surface area (TPSA) is 60.9 Å². The van der Waals surface area contributed by atoms with Crippen LogP contribution in [0.4, 0.5) is 0 Å². The Morgan fingerprint density at radius 3 is 2.56 bits per heavy atom. The van der Waals surface area contributed by atoms with Crippen LogP contribution < -0.4 is 4.74 Å². The molecule has 2 atom stereocenters. The number of fused-ring (bicyclic) bond motifs is 4. The van der Waals surface area contributed by atoms with Gasteiger partial charge in [-0.25, -0.2) is 5.01 Å². The number of nitrogens with zero attached hydrogens (tertiary/aromatic N) is 3. The first-order valence-electron chi connectivity index (χ1n) is 11.5. The summed E-state index contributed by atoms with van der Waals surface area (Å²) in [5, 5.41) is 7.58. The summed E-state index contributed by atoms with van der Waals surface area (Å²) in [6.07, 6.45) is 2.17. The van der Waals surface area contributed by atoms with Crippen molar-refractivity contribution in [2.45, 2.75) is 32.1 Å². The molecule has 34 heavy (non-hydrogen) atoms. The SMILES string of the molecule is COc1ccc(/C=N/N2C(=O)[C@H]3Cc4c([nH]c5ccccc45)CN3C2c2ccc(C)cc2)cc1. The van der Waals surface area contributed by atoms with Crippen molar-refractivity contribution in [3.63, 3.8) is 0 Å². The molecule has 0 aliphatic carbocycles. The van der Waals surface area contributed by atoms with Crippen molar-refractivity contribution in [3.8, 4) is 5.75 Å². The average molecular weight is 451 g/mol. The van der Waals surface area contributed by atoms with Gasteiger partial charge in [-0.15, -0.1) is 0 Å². The van der Waals surface area contributed by atoms with Gasteiger partial charge in [-0.2, -0.15) is 5.10 Å². The summed E-state index contributed by atoms with van der Waals surface area (Å²) in [6.45, 7) is 2.75. The molecule has 0 bridgehead atoms. The van der Waals surface area contributed by atoms with E-state index < -0.39 is 0 Å². The van der Waals surface area contributed by atoms with Gasteiger partial charge >= 0.3 is 0 Å². The quantitative estimate of drug-likeness (QED) is 0.455. The molecule has 6 nitrogen and oxygen atoms in total. The summed E-state index contributed by atoms with van der Waals surface area (Å²) in [6, 6.07) is 24.2. The van der Waals surface area contributed by atoms with E-state index in [1.165, 1.54) is 22.2 Å². The predicted octanol–water partition coefficient (Wildman–Crippen LogP) is 4.79. The molecule has 6 rings (SSSR count). The number of ether oxygens (including phenoxy) is 1. The maximum atomic E-state index is 13.7. The maximum absolute atomic E-state index is 13.7. The Labute approximate surface area is 198 Å². The zero-order chi connectivity index (χ0) is 23.2. The second-order valence-corrected chi connectivity index (χ2v) is 9.00. The largest absolute Gasteiger partial charge is 0.497 e. The number of aromatic nitrogens is 1. The highest BCUT2D eigenvalue weighted by atomic mass is 16.5. The normalized spacial score (nSPS) is 20.2. The third-order valence-corrected chi connectivity index (χ3v) is 6.92. The van der Waals surface area contributed by atoms with E-state index in [0.29, 0.717) is 13.0 Å². The lowest BCUT2D eigenvalue weighted by Crippen LogP contribution is -2.39. The Morgan fingerprint density at radius 2 is 1.79 bits per heavy atom. The number of rotatable bonds is 4. The molecule has 2 aliphatic heterocycles. The van der Waals surface area contributed by atoms with E-state index in [9.17, 15) is 4.79 Å². The zero-order valence-electron chi connectivity index (χ0n) is 19.2. The van der Waals surface area contributed by atoms with Crippen LogP contribution in [0.1, 0.15) is 34.1 Å². The molecule has 1 fully saturated rings. The lowest BCUT2D eigenvalue weighted by atomic mass is 9.96. The number of H-pyrrole nitrogens is 1. The van der Waals surface area contributed by atoms with Crippen LogP contribution in [0.25, 0.3) is 10.9 Å². The molecule has 1 saturated heterocycles. The first-order valence-corrected chi connectivity index (χ1v) is 11.5. The van der Waals surface area contributed by atoms with Gasteiger partial charge in [0.05, 0.1) is 19.4 Å². The van der Waals surface area contributed by atoms with Crippen LogP contribution in [0.15, 0.2) is 77.9 Å². The number of benzene rings is 3. The Kier molecular flexibility index (Phi) is 4.96. The van der Waals surface area contributed by atoms with Crippen molar-refractivity contribution in [1.82, 2.24) is 14.9 Å². The minimum absolute atomic E-state index is 0.0336. The number of carbonyl (C=O) groups is 1. The summed E-state index contributed by atoms with van der Waals surface area (Å²) in [7, 11) is 1.65. The van der Waals surface area contributed by atoms with Crippen LogP contribution in [-0.2, 0) is 17.8 Å². The highest BCUT2D eigenvalue weighted by Gasteiger charge is 2.49. The van der Waals surface area contributed by atoms with E-state index in [0.717, 1.165) is 22.4 Å². The van der Waals surface area contributed by atoms with E-state index in [1.807, 2.05) is 30.3 Å². The third kappa shape index (κ3) is 3.38. The molecule has 1 N–H and O–H groups in total. The molecule has 3 aromatic carbocycles. The predicted molar refractivity (Wildman–Crippen MR) is 133 cm³/mol. The highest BCUT2D eigenvalue weighted by molar-refractivity contribution is 5.90. The van der Waals surface area contributed by atoms with Crippen molar-refractivity contribution < 1.29 is 9.53 Å². The van der Waals surface area contributed by atoms with E-state index in [-0.39, 0.29) is 18.1 Å². The van der Waals surface area contributed by atoms with E-state index in [2.05, 4.69) is 59.3 Å². The molecule has 1 amide bonds. The lowest BCUT2D eigenvalue weighted by Gasteiger charge is -2.32. The monoisotopic (exact) mass is 450 g/mol. The second-order valence-electron chi connectivity index (χ2n) is 9.00. The molecule has 0 spiro atoms. The lowest BCUT2D eigenvalue weighted by molar-refractivity contribution is -0.130. The Balaban J connectivity index is 1.39. The Hall–Kier alpha value is -3.90. The van der Waals surface area contributed by atoms with Crippen molar-refractivity contribution >= 4 is 23.0 Å². The molecule has 2 aliphatic rings. The van der Waals surface area contributed by atoms with Gasteiger partial charge in [0.25, 0.3) is 5.91 Å². The highest BCUT2D eigenvalue weighted by Crippen LogP contribution is 2.42. The Morgan fingerprint density at radius 1 is 1.03 bits per heavy atom. The van der Waals surface area contributed by atoms with Gasteiger partial charge in [0.15, 0.2) is 0 Å². The number of carbonyl (C=O) groups excluding carboxylic acids is 1. The van der Waals surface area contributed by atoms with E-state index in [4.69, 9.17) is 9.84 Å². The summed E-state index contributed by atoms with van der Waals surface area (Å²) >= 11 is 0. The fraction of sp³-hybridized carbons (Fsp3) is 0.214. The number of aromatic amines is 1. The van der Waals surface area contributed by atoms with Crippen LogP contribution in [0.5, 0.6) is 5.75 Å². The summed E-state index contributed by atoms with van der Waals surface area (Å²) < 4.78 is 5.25. The molecular formula is C28H26N4O2. The maximum Gasteiger partial charge on any atom is 0.262 e. The van der Waals surface area contributed by atoms with Crippen LogP contribution >= 0.6 is 0 Å². The zero-order valence-corrected chi connectivity index (χ0v) is 19.2. The van der Waals surface area contributed by atoms with Crippen LogP contribution in [0, 0.1) is 6.92 Å². The number of nitrogens with one attached hydrogen (secondary N) is 1. The minimum atomic E-state index is -0.257. The van der Waals surface area contributed by atoms with Gasteiger partial charge in [-0.1, -0.05) is 48.0 Å². The number of para-hydroxylation sites is 1. The Bertz CT molecular complexity index is 1390. The average Bonchev–Trinajstić information content (AvgIpc) is 3.36. The number of methoxy groups -OCH3 is 1. The number of hydrogen-bond donors (Lipinski definition) is 1. The summed E-state index contributed by atoms with van der Waals surface area (Å²) in [4.78, 5) is 19.6. The first-order chi connectivity index (χ1) is 16.6. The molecule has 4 aromatic rings. The smallest absolute Gasteiger partial charge is 0.262 e. The number of amides is 1. The molecule has 6 heteroatoms. The molecular weight excluding hydrogens is 424 g/mol. The fourth-order valence-electron chi connectivity index (χ4n) is 5.14. The van der Waals surface area contributed by atoms with Gasteiger partial charge in [0.1, 0.15) is 11.9 Å². The fourth-order valence-corrected chi connectivity index (χ4v) is 5.14. The van der Waals surface area contributed by atoms with Gasteiger partial charge in [0, 0.05) is 23.1 Å². The van der Waals surface area contributed by atoms with Crippen LogP contribution in [0.2, 0.25) is 0 Å². The van der Waals surface area contributed by atoms with Gasteiger partial charge in [-0.3, -0.25) is 9.69 Å². The van der Waals surface area contributed by atoms with Gasteiger partial charge in [-0.05, 0) is 60.4 Å². The van der Waals surface area contributed by atoms with Crippen LogP contribution in [0.3, 0.4) is 0 Å². The van der Waals surface area contributed by atoms with Crippen molar-refractivity contribution in [2.75, 3.05) is 7.11 Å². The second kappa shape index (κ2) is 8.15. The molecule has 1 unspecified atom stereocenters. The standard InChI is InChI=1S/C28H26N4O2/c1-18-7-11-20(12-8-18)27-31-17-25-23(22-5-3-4-6-24(22)30-25)15-26(31)28(33)32(27)29-16-19-9-13-21(34-2)14-10-19/h3-14,16,26-27,30H,15,17H2,1-2H3/b29-16+/t26-,27?/m1/s1.